The molecule has 38 heteroatoms. The third-order valence-corrected chi connectivity index (χ3v) is 18.0. The van der Waals surface area contributed by atoms with E-state index in [0.717, 1.165) is 0 Å². The Morgan fingerprint density at radius 1 is 0.637 bits per heavy atom. The number of hydrogen-bond donors (Lipinski definition) is 18. The smallest absolute Gasteiger partial charge is 0.326 e. The van der Waals surface area contributed by atoms with Crippen molar-refractivity contribution in [1.29, 1.82) is 0 Å². The molecule has 0 bridgehead atoms. The molecule has 4 heterocycles. The number of carbonyl (C=O) groups excluding carboxylic acids is 12. The first-order chi connectivity index (χ1) is 48.6. The van der Waals surface area contributed by atoms with Crippen molar-refractivity contribution >= 4 is 112 Å². The number of hydrogen-bond acceptors (Lipinski definition) is 19. The second kappa shape index (κ2) is 42.8. The Hall–Kier alpha value is -9.36. The van der Waals surface area contributed by atoms with Crippen LogP contribution in [0.25, 0.3) is 0 Å². The minimum absolute atomic E-state index is 0.00277. The molecule has 102 heavy (non-hydrogen) atoms. The van der Waals surface area contributed by atoms with E-state index in [1.807, 2.05) is 0 Å². The molecular formula is C64H100ClN21O15S. The molecule has 564 valence electrons. The number of rotatable bonds is 43. The van der Waals surface area contributed by atoms with Crippen LogP contribution in [0.4, 0.5) is 0 Å². The third kappa shape index (κ3) is 27.5. The Morgan fingerprint density at radius 2 is 1.16 bits per heavy atom. The maximum absolute atomic E-state index is 14.5. The van der Waals surface area contributed by atoms with E-state index < -0.39 is 151 Å². The van der Waals surface area contributed by atoms with Gasteiger partial charge in [0, 0.05) is 62.4 Å². The highest BCUT2D eigenvalue weighted by Gasteiger charge is 2.42. The quantitative estimate of drug-likeness (QED) is 0.0168. The number of benzene rings is 1. The summed E-state index contributed by atoms with van der Waals surface area (Å²) in [6.07, 6.45) is 6.76. The molecule has 23 N–H and O–H groups in total. The number of aliphatic imine (C=N–C) groups is 2. The fourth-order valence-electron chi connectivity index (χ4n) is 11.8. The van der Waals surface area contributed by atoms with Gasteiger partial charge in [-0.1, -0.05) is 37.6 Å². The van der Waals surface area contributed by atoms with E-state index in [0.29, 0.717) is 47.7 Å². The van der Waals surface area contributed by atoms with Crippen molar-refractivity contribution in [3.8, 4) is 0 Å². The lowest BCUT2D eigenvalue weighted by Gasteiger charge is -2.31. The molecule has 0 saturated carbocycles. The number of nitrogens with one attached hydrogen (secondary N) is 11. The summed E-state index contributed by atoms with van der Waals surface area (Å²) in [6.45, 7) is 2.42. The summed E-state index contributed by atoms with van der Waals surface area (Å²) < 4.78 is 0. The van der Waals surface area contributed by atoms with Crippen molar-refractivity contribution in [2.24, 2.45) is 44.6 Å². The van der Waals surface area contributed by atoms with Gasteiger partial charge >= 0.3 is 5.97 Å². The minimum atomic E-state index is -1.77. The summed E-state index contributed by atoms with van der Waals surface area (Å²) in [7, 11) is 0. The van der Waals surface area contributed by atoms with Crippen molar-refractivity contribution in [1.82, 2.24) is 72.9 Å². The van der Waals surface area contributed by atoms with Crippen LogP contribution in [0.2, 0.25) is 5.02 Å². The minimum Gasteiger partial charge on any atom is -0.480 e. The van der Waals surface area contributed by atoms with Gasteiger partial charge in [0.1, 0.15) is 66.5 Å². The van der Waals surface area contributed by atoms with Crippen LogP contribution in [0.1, 0.15) is 121 Å². The number of aliphatic hydroxyl groups excluding tert-OH is 1. The zero-order valence-electron chi connectivity index (χ0n) is 57.7. The van der Waals surface area contributed by atoms with Crippen molar-refractivity contribution < 1.29 is 72.5 Å². The predicted octanol–water partition coefficient (Wildman–Crippen LogP) is -4.78. The molecule has 0 radical (unpaired) electrons. The number of likely N-dealkylation sites (tertiary alicyclic amines) is 2. The Balaban J connectivity index is 1.27. The van der Waals surface area contributed by atoms with Gasteiger partial charge in [-0.3, -0.25) is 67.5 Å². The Morgan fingerprint density at radius 3 is 1.72 bits per heavy atom. The fraction of sp³-hybridized carbons (Fsp3) is 0.625. The maximum Gasteiger partial charge on any atom is 0.326 e. The maximum atomic E-state index is 14.5. The van der Waals surface area contributed by atoms with Crippen LogP contribution in [-0.4, -0.2) is 243 Å². The number of carboxylic acid groups (broad SMARTS) is 1. The average molecular weight is 1470 g/mol. The fourth-order valence-corrected chi connectivity index (χ4v) is 12.4. The molecule has 1 aromatic carbocycles. The number of nitrogens with two attached hydrogens (primary N) is 5. The molecule has 0 unspecified atom stereocenters. The second-order valence-corrected chi connectivity index (χ2v) is 26.9. The molecule has 36 nitrogen and oxygen atoms in total. The van der Waals surface area contributed by atoms with Crippen LogP contribution < -0.4 is 81.8 Å². The van der Waals surface area contributed by atoms with E-state index in [-0.39, 0.29) is 140 Å². The normalized spacial score (nSPS) is 17.9. The van der Waals surface area contributed by atoms with Gasteiger partial charge in [0.25, 0.3) is 0 Å². The van der Waals surface area contributed by atoms with Gasteiger partial charge in [0.05, 0.1) is 19.5 Å². The van der Waals surface area contributed by atoms with Crippen molar-refractivity contribution in [3.05, 3.63) is 53.1 Å². The number of guanidine groups is 2. The zero-order chi connectivity index (χ0) is 75.0. The first-order valence-corrected chi connectivity index (χ1v) is 35.8. The van der Waals surface area contributed by atoms with Gasteiger partial charge in [-0.25, -0.2) is 9.78 Å². The summed E-state index contributed by atoms with van der Waals surface area (Å²) in [4.78, 5) is 197. The van der Waals surface area contributed by atoms with E-state index >= 15 is 0 Å². The first-order valence-electron chi connectivity index (χ1n) is 34.1. The number of imidazole rings is 1. The number of H-pyrrole nitrogens is 1. The van der Waals surface area contributed by atoms with Crippen LogP contribution in [0, 0.1) is 5.92 Å². The zero-order valence-corrected chi connectivity index (χ0v) is 59.3. The lowest BCUT2D eigenvalue weighted by molar-refractivity contribution is -0.143. The largest absolute Gasteiger partial charge is 0.480 e. The third-order valence-electron chi connectivity index (χ3n) is 17.1. The Labute approximate surface area is 600 Å². The Bertz CT molecular complexity index is 3250. The molecule has 12 amide bonds. The van der Waals surface area contributed by atoms with Gasteiger partial charge < -0.3 is 107 Å². The van der Waals surface area contributed by atoms with Crippen LogP contribution in [0.5, 0.6) is 0 Å². The highest BCUT2D eigenvalue weighted by molar-refractivity contribution is 7.98. The predicted molar refractivity (Wildman–Crippen MR) is 376 cm³/mol. The molecule has 1 aromatic heterocycles. The van der Waals surface area contributed by atoms with Crippen LogP contribution in [0.3, 0.4) is 0 Å². The summed E-state index contributed by atoms with van der Waals surface area (Å²) in [5.41, 5.74) is 28.8. The molecule has 3 saturated heterocycles. The summed E-state index contributed by atoms with van der Waals surface area (Å²) >= 11 is 7.39. The highest BCUT2D eigenvalue weighted by Crippen LogP contribution is 2.23. The molecule has 3 fully saturated rings. The number of thioether (sulfide) groups is 1. The molecule has 2 aromatic rings. The molecular weight excluding hydrogens is 1370 g/mol. The molecule has 3 aliphatic heterocycles. The number of aliphatic carboxylic acids is 1. The number of amides is 12. The van der Waals surface area contributed by atoms with E-state index in [2.05, 4.69) is 73.1 Å². The van der Waals surface area contributed by atoms with Gasteiger partial charge in [-0.2, -0.15) is 11.8 Å². The number of carboxylic acids is 1. The number of carbonyl (C=O) groups is 13. The van der Waals surface area contributed by atoms with Gasteiger partial charge in [-0.15, -0.1) is 0 Å². The number of nitrogens with zero attached hydrogens (tertiary/aromatic N) is 5. The number of unbranched alkanes of at least 4 members (excludes halogenated alkanes) is 1. The topological polar surface area (TPSA) is 573 Å². The Kier molecular flexibility index (Phi) is 34.9. The van der Waals surface area contributed by atoms with Gasteiger partial charge in [0.2, 0.25) is 70.9 Å². The lowest BCUT2D eigenvalue weighted by atomic mass is 10.0. The first kappa shape index (κ1) is 83.3. The molecule has 0 aliphatic carbocycles. The lowest BCUT2D eigenvalue weighted by Crippen LogP contribution is -2.61. The van der Waals surface area contributed by atoms with Crippen LogP contribution in [-0.2, 0) is 75.2 Å². The summed E-state index contributed by atoms with van der Waals surface area (Å²) in [5, 5.41) is 47.2. The van der Waals surface area contributed by atoms with Gasteiger partial charge in [0.15, 0.2) is 11.9 Å². The monoisotopic (exact) mass is 1470 g/mol. The molecule has 3 aliphatic rings. The second-order valence-electron chi connectivity index (χ2n) is 25.5. The number of aromatic nitrogens is 2. The van der Waals surface area contributed by atoms with E-state index in [9.17, 15) is 72.5 Å². The summed E-state index contributed by atoms with van der Waals surface area (Å²) in [5.74, 6) is -10.6. The SMILES string of the molecule is CSCC[C@H](NC(=O)[C@@H]1CCCN1C(=O)CNC(=O)[C@H](CCCCN)NC(=O)[C@H](Cc1cnc[nH]1)NC(=O)[C@H](CO)NC(=O)[C@H](CC(C)C)NC(=O)[C@H](CCCN=C(N)N)NC(=O)[C@@H]1CCCN1C(=O)[C@H](CCCN=C(N)N)NC(=O)[C@@H]1CCC(=O)N1)C(=O)N[C@@H](Cc1ccc(Cl)cc1)C(=O)O. The van der Waals surface area contributed by atoms with Gasteiger partial charge in [-0.05, 0) is 132 Å². The molecule has 11 atom stereocenters. The standard InChI is InChI=1S/C64H100ClN21O15S/c1-35(2)28-44(81-53(91)40(11-6-23-72-63(67)68)78-60(98)49-14-9-26-86(49)61(99)43(12-7-24-73-64(69)70)80-54(92)41-19-20-50(88)76-41)56(94)84-47(33-87)58(96)82-45(30-38-31-71-34-75-38)57(95)77-39(10-4-5-22-66)52(90)74-32-51(89)85-25-8-13-48(85)59(97)79-42(21-27-102-3)55(93)83-46(62(100)101)29-36-15-17-37(65)18-16-36/h15-18,31,34-35,39-49,87H,4-14,19-30,32-33,66H2,1-3H3,(H,71,75)(H,74,90)(H,76,88)(H,77,95)(H,78,98)(H,79,97)(H,80,92)(H,81,91)(H,82,96)(H,83,93)(H,84,94)(H,100,101)(H4,67,68,72)(H4,69,70,73)/t39-,40-,41-,42-,43-,44-,45-,46-,47-,48-,49-/m0/s1. The highest BCUT2D eigenvalue weighted by atomic mass is 35.5. The van der Waals surface area contributed by atoms with E-state index in [4.69, 9.17) is 40.3 Å². The molecule has 5 rings (SSSR count). The number of aromatic amines is 1. The van der Waals surface area contributed by atoms with E-state index in [1.54, 1.807) is 44.4 Å². The number of halogens is 1. The van der Waals surface area contributed by atoms with Crippen molar-refractivity contribution in [3.63, 3.8) is 0 Å². The van der Waals surface area contributed by atoms with Crippen LogP contribution in [0.15, 0.2) is 46.8 Å². The van der Waals surface area contributed by atoms with E-state index in [1.165, 1.54) is 34.1 Å². The van der Waals surface area contributed by atoms with Crippen molar-refractivity contribution in [2.45, 2.75) is 189 Å². The van der Waals surface area contributed by atoms with Crippen LogP contribution >= 0.6 is 23.4 Å². The summed E-state index contributed by atoms with van der Waals surface area (Å²) in [6, 6.07) is -7.74. The van der Waals surface area contributed by atoms with Crippen molar-refractivity contribution in [2.75, 3.05) is 57.9 Å². The molecule has 0 spiro atoms. The average Bonchev–Trinajstić information content (AvgIpc) is 1.63. The number of aliphatic hydroxyl groups is 1.